The van der Waals surface area contributed by atoms with Crippen LogP contribution in [0.3, 0.4) is 0 Å². The normalized spacial score (nSPS) is 16.7. The Morgan fingerprint density at radius 1 is 0.962 bits per heavy atom. The molecule has 0 aromatic heterocycles. The molecule has 0 N–H and O–H groups in total. The predicted molar refractivity (Wildman–Crippen MR) is 102 cm³/mol. The van der Waals surface area contributed by atoms with Crippen LogP contribution in [0.15, 0.2) is 42.5 Å². The molecule has 6 heteroatoms. The summed E-state index contributed by atoms with van der Waals surface area (Å²) in [6, 6.07) is 13.4. The molecule has 2 aliphatic heterocycles. The molecule has 2 aliphatic rings. The maximum atomic E-state index is 12.5. The Labute approximate surface area is 158 Å². The van der Waals surface area contributed by atoms with Crippen LogP contribution in [-0.2, 0) is 0 Å². The van der Waals surface area contributed by atoms with E-state index in [1.165, 1.54) is 5.69 Å². The topological polar surface area (TPSA) is 42.0 Å². The second-order valence-corrected chi connectivity index (χ2v) is 6.98. The van der Waals surface area contributed by atoms with Crippen molar-refractivity contribution in [1.29, 1.82) is 0 Å². The van der Waals surface area contributed by atoms with E-state index in [4.69, 9.17) is 21.1 Å². The van der Waals surface area contributed by atoms with Crippen molar-refractivity contribution in [3.05, 3.63) is 53.1 Å². The molecule has 0 amide bonds. The van der Waals surface area contributed by atoms with Crippen molar-refractivity contribution in [2.45, 2.75) is 6.42 Å². The number of hydrogen-bond acceptors (Lipinski definition) is 5. The van der Waals surface area contributed by atoms with Crippen molar-refractivity contribution in [2.75, 3.05) is 44.4 Å². The van der Waals surface area contributed by atoms with Crippen molar-refractivity contribution >= 4 is 23.1 Å². The molecule has 5 nitrogen and oxygen atoms in total. The number of ketones is 1. The molecule has 0 radical (unpaired) electrons. The fourth-order valence-corrected chi connectivity index (χ4v) is 3.48. The third kappa shape index (κ3) is 3.79. The van der Waals surface area contributed by atoms with Gasteiger partial charge in [-0.05, 0) is 42.5 Å². The highest BCUT2D eigenvalue weighted by atomic mass is 35.5. The quantitative estimate of drug-likeness (QED) is 0.752. The number of fused-ring (bicyclic) bond motifs is 1. The van der Waals surface area contributed by atoms with Gasteiger partial charge in [0, 0.05) is 55.4 Å². The lowest BCUT2D eigenvalue weighted by Gasteiger charge is -2.36. The molecule has 0 bridgehead atoms. The first-order valence-corrected chi connectivity index (χ1v) is 9.22. The molecule has 0 unspecified atom stereocenters. The molecular weight excluding hydrogens is 352 g/mol. The maximum Gasteiger partial charge on any atom is 0.231 e. The van der Waals surface area contributed by atoms with E-state index in [2.05, 4.69) is 21.9 Å². The van der Waals surface area contributed by atoms with E-state index in [0.29, 0.717) is 23.5 Å². The molecule has 1 saturated heterocycles. The van der Waals surface area contributed by atoms with Gasteiger partial charge in [-0.1, -0.05) is 11.6 Å². The highest BCUT2D eigenvalue weighted by Crippen LogP contribution is 2.32. The number of ether oxygens (including phenoxy) is 2. The number of halogens is 1. The van der Waals surface area contributed by atoms with Gasteiger partial charge in [0.25, 0.3) is 0 Å². The van der Waals surface area contributed by atoms with Crippen molar-refractivity contribution in [3.63, 3.8) is 0 Å². The summed E-state index contributed by atoms with van der Waals surface area (Å²) >= 11 is 5.95. The Morgan fingerprint density at radius 2 is 1.69 bits per heavy atom. The molecule has 0 atom stereocenters. The van der Waals surface area contributed by atoms with E-state index >= 15 is 0 Å². The van der Waals surface area contributed by atoms with E-state index in [9.17, 15) is 4.79 Å². The van der Waals surface area contributed by atoms with E-state index < -0.39 is 0 Å². The molecule has 0 aliphatic carbocycles. The zero-order valence-corrected chi connectivity index (χ0v) is 15.2. The summed E-state index contributed by atoms with van der Waals surface area (Å²) in [5.41, 5.74) is 1.89. The molecule has 1 fully saturated rings. The standard InChI is InChI=1S/C20H21ClN2O3/c21-16-2-4-17(5-3-16)23-11-9-22(10-12-23)8-7-18(24)15-1-6-19-20(13-15)26-14-25-19/h1-6,13H,7-12,14H2. The number of rotatable bonds is 5. The number of benzene rings is 2. The molecular formula is C20H21ClN2O3. The molecule has 0 saturated carbocycles. The smallest absolute Gasteiger partial charge is 0.231 e. The maximum absolute atomic E-state index is 12.5. The van der Waals surface area contributed by atoms with Gasteiger partial charge in [0.2, 0.25) is 6.79 Å². The minimum atomic E-state index is 0.142. The van der Waals surface area contributed by atoms with E-state index in [1.54, 1.807) is 12.1 Å². The van der Waals surface area contributed by atoms with Crippen LogP contribution in [0.4, 0.5) is 5.69 Å². The number of carbonyl (C=O) groups excluding carboxylic acids is 1. The average molecular weight is 373 g/mol. The van der Waals surface area contributed by atoms with Crippen molar-refractivity contribution < 1.29 is 14.3 Å². The largest absolute Gasteiger partial charge is 0.454 e. The van der Waals surface area contributed by atoms with Gasteiger partial charge in [0.05, 0.1) is 0 Å². The van der Waals surface area contributed by atoms with Crippen LogP contribution in [0.1, 0.15) is 16.8 Å². The van der Waals surface area contributed by atoms with Gasteiger partial charge < -0.3 is 14.4 Å². The second kappa shape index (κ2) is 7.56. The Morgan fingerprint density at radius 3 is 2.46 bits per heavy atom. The van der Waals surface area contributed by atoms with E-state index in [1.807, 2.05) is 18.2 Å². The summed E-state index contributed by atoms with van der Waals surface area (Å²) in [5.74, 6) is 1.51. The van der Waals surface area contributed by atoms with E-state index in [-0.39, 0.29) is 12.6 Å². The summed E-state index contributed by atoms with van der Waals surface area (Å²) in [5, 5.41) is 0.759. The van der Waals surface area contributed by atoms with Gasteiger partial charge in [-0.3, -0.25) is 9.69 Å². The molecule has 2 aromatic rings. The zero-order valence-electron chi connectivity index (χ0n) is 14.5. The first-order valence-electron chi connectivity index (χ1n) is 8.85. The lowest BCUT2D eigenvalue weighted by atomic mass is 10.1. The number of hydrogen-bond donors (Lipinski definition) is 0. The first kappa shape index (κ1) is 17.2. The minimum absolute atomic E-state index is 0.142. The van der Waals surface area contributed by atoms with Crippen LogP contribution in [0, 0.1) is 0 Å². The highest BCUT2D eigenvalue weighted by molar-refractivity contribution is 6.30. The van der Waals surface area contributed by atoms with Crippen LogP contribution in [0.2, 0.25) is 5.02 Å². The SMILES string of the molecule is O=C(CCN1CCN(c2ccc(Cl)cc2)CC1)c1ccc2c(c1)OCO2. The van der Waals surface area contributed by atoms with Gasteiger partial charge in [-0.25, -0.2) is 0 Å². The summed E-state index contributed by atoms with van der Waals surface area (Å²) in [7, 11) is 0. The number of carbonyl (C=O) groups is 1. The third-order valence-electron chi connectivity index (χ3n) is 4.91. The molecule has 2 aromatic carbocycles. The van der Waals surface area contributed by atoms with Gasteiger partial charge in [0.1, 0.15) is 0 Å². The lowest BCUT2D eigenvalue weighted by Crippen LogP contribution is -2.46. The van der Waals surface area contributed by atoms with Crippen LogP contribution < -0.4 is 14.4 Å². The summed E-state index contributed by atoms with van der Waals surface area (Å²) in [6.45, 7) is 4.83. The van der Waals surface area contributed by atoms with Crippen LogP contribution in [0.5, 0.6) is 11.5 Å². The molecule has 26 heavy (non-hydrogen) atoms. The number of nitrogens with zero attached hydrogens (tertiary/aromatic N) is 2. The summed E-state index contributed by atoms with van der Waals surface area (Å²) in [4.78, 5) is 17.2. The van der Waals surface area contributed by atoms with Gasteiger partial charge in [0.15, 0.2) is 17.3 Å². The summed E-state index contributed by atoms with van der Waals surface area (Å²) in [6.07, 6.45) is 0.514. The molecule has 0 spiro atoms. The predicted octanol–water partition coefficient (Wildman–Crippen LogP) is 3.46. The highest BCUT2D eigenvalue weighted by Gasteiger charge is 2.20. The van der Waals surface area contributed by atoms with Gasteiger partial charge in [-0.15, -0.1) is 0 Å². The Bertz CT molecular complexity index is 786. The Hall–Kier alpha value is -2.24. The molecule has 2 heterocycles. The Kier molecular flexibility index (Phi) is 5.00. The van der Waals surface area contributed by atoms with Crippen LogP contribution in [0.25, 0.3) is 0 Å². The van der Waals surface area contributed by atoms with Crippen molar-refractivity contribution in [2.24, 2.45) is 0 Å². The second-order valence-electron chi connectivity index (χ2n) is 6.55. The van der Waals surface area contributed by atoms with Gasteiger partial charge in [-0.2, -0.15) is 0 Å². The third-order valence-corrected chi connectivity index (χ3v) is 5.17. The fourth-order valence-electron chi connectivity index (χ4n) is 3.36. The summed E-state index contributed by atoms with van der Waals surface area (Å²) < 4.78 is 10.6. The Balaban J connectivity index is 1.27. The minimum Gasteiger partial charge on any atom is -0.454 e. The monoisotopic (exact) mass is 372 g/mol. The van der Waals surface area contributed by atoms with Crippen LogP contribution >= 0.6 is 11.6 Å². The molecule has 136 valence electrons. The zero-order chi connectivity index (χ0) is 17.9. The fraction of sp³-hybridized carbons (Fsp3) is 0.350. The van der Waals surface area contributed by atoms with Crippen LogP contribution in [-0.4, -0.2) is 50.2 Å². The number of Topliss-reactive ketones (excluding diaryl/α,β-unsaturated/α-hetero) is 1. The number of anilines is 1. The number of piperazine rings is 1. The van der Waals surface area contributed by atoms with Gasteiger partial charge >= 0.3 is 0 Å². The molecule has 4 rings (SSSR count). The van der Waals surface area contributed by atoms with Crippen molar-refractivity contribution in [1.82, 2.24) is 4.90 Å². The lowest BCUT2D eigenvalue weighted by molar-refractivity contribution is 0.0962. The average Bonchev–Trinajstić information content (AvgIpc) is 3.15. The van der Waals surface area contributed by atoms with Crippen molar-refractivity contribution in [3.8, 4) is 11.5 Å². The first-order chi connectivity index (χ1) is 12.7. The van der Waals surface area contributed by atoms with E-state index in [0.717, 1.165) is 37.7 Å².